The van der Waals surface area contributed by atoms with Gasteiger partial charge in [-0.25, -0.2) is 0 Å². The molecule has 0 spiro atoms. The number of halogens is 1. The van der Waals surface area contributed by atoms with Crippen molar-refractivity contribution in [2.75, 3.05) is 33.3 Å². The Hall–Kier alpha value is -2.21. The second kappa shape index (κ2) is 10.7. The molecule has 0 unspecified atom stereocenters. The van der Waals surface area contributed by atoms with Gasteiger partial charge in [0.15, 0.2) is 5.96 Å². The predicted octanol–water partition coefficient (Wildman–Crippen LogP) is 3.28. The van der Waals surface area contributed by atoms with E-state index in [9.17, 15) is 0 Å². The van der Waals surface area contributed by atoms with E-state index in [4.69, 9.17) is 21.3 Å². The number of aryl methyl sites for hydroxylation is 2. The molecular formula is C19H28ClN5O. The zero-order valence-corrected chi connectivity index (χ0v) is 16.5. The summed E-state index contributed by atoms with van der Waals surface area (Å²) < 4.78 is 5.75. The van der Waals surface area contributed by atoms with E-state index in [0.717, 1.165) is 49.9 Å². The molecule has 0 aliphatic carbocycles. The van der Waals surface area contributed by atoms with Crippen molar-refractivity contribution in [3.63, 3.8) is 0 Å². The van der Waals surface area contributed by atoms with Crippen LogP contribution in [0.2, 0.25) is 5.02 Å². The van der Waals surface area contributed by atoms with E-state index in [1.54, 1.807) is 0 Å². The van der Waals surface area contributed by atoms with Gasteiger partial charge in [0.25, 0.3) is 0 Å². The average Bonchev–Trinajstić information content (AvgIpc) is 3.04. The van der Waals surface area contributed by atoms with Gasteiger partial charge in [0.05, 0.1) is 12.7 Å². The van der Waals surface area contributed by atoms with Crippen molar-refractivity contribution in [2.24, 2.45) is 4.99 Å². The fourth-order valence-corrected chi connectivity index (χ4v) is 2.61. The summed E-state index contributed by atoms with van der Waals surface area (Å²) in [5, 5.41) is 11.1. The third-order valence-electron chi connectivity index (χ3n) is 4.01. The number of benzene rings is 1. The molecule has 0 fully saturated rings. The molecule has 0 amide bonds. The first kappa shape index (κ1) is 20.1. The normalized spacial score (nSPS) is 11.5. The van der Waals surface area contributed by atoms with Gasteiger partial charge in [-0.05, 0) is 56.5 Å². The zero-order chi connectivity index (χ0) is 18.8. The van der Waals surface area contributed by atoms with Crippen molar-refractivity contribution in [3.8, 4) is 5.75 Å². The van der Waals surface area contributed by atoms with Crippen LogP contribution in [0.3, 0.4) is 0 Å². The number of rotatable bonds is 9. The van der Waals surface area contributed by atoms with Crippen molar-refractivity contribution < 1.29 is 4.74 Å². The Bertz CT molecular complexity index is 683. The summed E-state index contributed by atoms with van der Waals surface area (Å²) in [5.41, 5.74) is 2.40. The predicted molar refractivity (Wildman–Crippen MR) is 107 cm³/mol. The van der Waals surface area contributed by atoms with Gasteiger partial charge in [-0.3, -0.25) is 10.1 Å². The van der Waals surface area contributed by atoms with Crippen molar-refractivity contribution in [1.29, 1.82) is 0 Å². The third kappa shape index (κ3) is 6.59. The molecule has 0 saturated heterocycles. The van der Waals surface area contributed by atoms with Crippen LogP contribution in [0.1, 0.15) is 24.6 Å². The van der Waals surface area contributed by atoms with E-state index < -0.39 is 0 Å². The lowest BCUT2D eigenvalue weighted by atomic mass is 10.1. The van der Waals surface area contributed by atoms with Crippen molar-refractivity contribution >= 4 is 17.6 Å². The largest absolute Gasteiger partial charge is 0.492 e. The Morgan fingerprint density at radius 1 is 1.35 bits per heavy atom. The van der Waals surface area contributed by atoms with Crippen LogP contribution in [0.4, 0.5) is 0 Å². The maximum atomic E-state index is 5.88. The second-order valence-corrected chi connectivity index (χ2v) is 6.52. The summed E-state index contributed by atoms with van der Waals surface area (Å²) in [6, 6.07) is 7.40. The highest BCUT2D eigenvalue weighted by atomic mass is 35.5. The Balaban J connectivity index is 1.76. The Labute approximate surface area is 160 Å². The number of aromatic amines is 1. The average molecular weight is 378 g/mol. The fourth-order valence-electron chi connectivity index (χ4n) is 2.49. The lowest BCUT2D eigenvalue weighted by Gasteiger charge is -2.22. The highest BCUT2D eigenvalue weighted by Gasteiger charge is 2.06. The number of guanidine groups is 1. The maximum absolute atomic E-state index is 5.88. The second-order valence-electron chi connectivity index (χ2n) is 6.08. The van der Waals surface area contributed by atoms with Gasteiger partial charge in [0, 0.05) is 30.9 Å². The lowest BCUT2D eigenvalue weighted by molar-refractivity contribution is 0.281. The number of nitrogens with one attached hydrogen (secondary N) is 2. The molecule has 1 heterocycles. The van der Waals surface area contributed by atoms with Gasteiger partial charge in [0.1, 0.15) is 12.4 Å². The summed E-state index contributed by atoms with van der Waals surface area (Å²) in [5.74, 6) is 1.72. The van der Waals surface area contributed by atoms with E-state index in [2.05, 4.69) is 27.3 Å². The van der Waals surface area contributed by atoms with Crippen LogP contribution < -0.4 is 10.1 Å². The summed E-state index contributed by atoms with van der Waals surface area (Å²) in [4.78, 5) is 6.79. The minimum atomic E-state index is 0.580. The van der Waals surface area contributed by atoms with Crippen LogP contribution in [0.5, 0.6) is 5.75 Å². The fraction of sp³-hybridized carbons (Fsp3) is 0.474. The van der Waals surface area contributed by atoms with Crippen LogP contribution in [-0.4, -0.2) is 54.3 Å². The van der Waals surface area contributed by atoms with E-state index in [1.165, 1.54) is 5.56 Å². The number of hydrogen-bond acceptors (Lipinski definition) is 3. The molecule has 0 atom stereocenters. The highest BCUT2D eigenvalue weighted by Crippen LogP contribution is 2.15. The molecule has 0 aliphatic rings. The molecule has 26 heavy (non-hydrogen) atoms. The highest BCUT2D eigenvalue weighted by molar-refractivity contribution is 6.30. The zero-order valence-electron chi connectivity index (χ0n) is 15.8. The molecule has 0 bridgehead atoms. The minimum Gasteiger partial charge on any atom is -0.492 e. The number of H-pyrrole nitrogens is 1. The molecule has 6 nitrogen and oxygen atoms in total. The molecule has 7 heteroatoms. The van der Waals surface area contributed by atoms with Crippen LogP contribution >= 0.6 is 11.6 Å². The SMILES string of the molecule is CCNC(=NCCCc1cn[nH]c1C)N(C)CCOc1ccc(Cl)cc1. The third-order valence-corrected chi connectivity index (χ3v) is 4.26. The molecule has 0 aliphatic heterocycles. The molecule has 2 N–H and O–H groups in total. The van der Waals surface area contributed by atoms with Crippen LogP contribution in [-0.2, 0) is 6.42 Å². The van der Waals surface area contributed by atoms with Gasteiger partial charge in [0.2, 0.25) is 0 Å². The van der Waals surface area contributed by atoms with Crippen LogP contribution in [0.15, 0.2) is 35.5 Å². The maximum Gasteiger partial charge on any atom is 0.193 e. The van der Waals surface area contributed by atoms with Crippen LogP contribution in [0.25, 0.3) is 0 Å². The smallest absolute Gasteiger partial charge is 0.193 e. The van der Waals surface area contributed by atoms with E-state index in [0.29, 0.717) is 11.6 Å². The van der Waals surface area contributed by atoms with E-state index >= 15 is 0 Å². The Kier molecular flexibility index (Phi) is 8.28. The number of likely N-dealkylation sites (N-methyl/N-ethyl adjacent to an activating group) is 1. The lowest BCUT2D eigenvalue weighted by Crippen LogP contribution is -2.41. The van der Waals surface area contributed by atoms with Gasteiger partial charge >= 0.3 is 0 Å². The van der Waals surface area contributed by atoms with Gasteiger partial charge in [-0.15, -0.1) is 0 Å². The van der Waals surface area contributed by atoms with Crippen molar-refractivity contribution in [2.45, 2.75) is 26.7 Å². The molecule has 0 saturated carbocycles. The first-order valence-electron chi connectivity index (χ1n) is 8.96. The number of hydrogen-bond donors (Lipinski definition) is 2. The molecule has 1 aromatic carbocycles. The first-order valence-corrected chi connectivity index (χ1v) is 9.34. The molecule has 1 aromatic heterocycles. The minimum absolute atomic E-state index is 0.580. The molecule has 142 valence electrons. The summed E-state index contributed by atoms with van der Waals surface area (Å²) in [6.07, 6.45) is 3.86. The summed E-state index contributed by atoms with van der Waals surface area (Å²) in [7, 11) is 2.02. The van der Waals surface area contributed by atoms with Gasteiger partial charge in [-0.1, -0.05) is 11.6 Å². The quantitative estimate of drug-likeness (QED) is 0.400. The number of aromatic nitrogens is 2. The molecular weight excluding hydrogens is 350 g/mol. The van der Waals surface area contributed by atoms with E-state index in [-0.39, 0.29) is 0 Å². The first-order chi connectivity index (χ1) is 12.6. The van der Waals surface area contributed by atoms with Crippen LogP contribution in [0, 0.1) is 6.92 Å². The molecule has 0 radical (unpaired) electrons. The Morgan fingerprint density at radius 2 is 2.12 bits per heavy atom. The van der Waals surface area contributed by atoms with Gasteiger partial charge < -0.3 is 15.0 Å². The van der Waals surface area contributed by atoms with Gasteiger partial charge in [-0.2, -0.15) is 5.10 Å². The number of ether oxygens (including phenoxy) is 1. The van der Waals surface area contributed by atoms with Crippen molar-refractivity contribution in [1.82, 2.24) is 20.4 Å². The topological polar surface area (TPSA) is 65.5 Å². The molecule has 2 aromatic rings. The number of nitrogens with zero attached hydrogens (tertiary/aromatic N) is 3. The van der Waals surface area contributed by atoms with E-state index in [1.807, 2.05) is 44.4 Å². The Morgan fingerprint density at radius 3 is 2.77 bits per heavy atom. The standard InChI is InChI=1S/C19H28ClN5O/c1-4-21-19(22-11-5-6-16-14-23-24-15(16)2)25(3)12-13-26-18-9-7-17(20)8-10-18/h7-10,14H,4-6,11-13H2,1-3H3,(H,21,22)(H,23,24). The molecule has 2 rings (SSSR count). The summed E-state index contributed by atoms with van der Waals surface area (Å²) in [6.45, 7) is 7.05. The van der Waals surface area contributed by atoms with Crippen molar-refractivity contribution in [3.05, 3.63) is 46.7 Å². The summed E-state index contributed by atoms with van der Waals surface area (Å²) >= 11 is 5.88. The monoisotopic (exact) mass is 377 g/mol. The number of aliphatic imine (C=N–C) groups is 1.